The fraction of sp³-hybridized carbons (Fsp3) is 0.483. The van der Waals surface area contributed by atoms with E-state index in [1.54, 1.807) is 11.8 Å². The van der Waals surface area contributed by atoms with Crippen molar-refractivity contribution in [2.45, 2.75) is 69.2 Å². The summed E-state index contributed by atoms with van der Waals surface area (Å²) in [5, 5.41) is 0. The van der Waals surface area contributed by atoms with Crippen LogP contribution in [0.3, 0.4) is 0 Å². The summed E-state index contributed by atoms with van der Waals surface area (Å²) in [4.78, 5) is 22.5. The van der Waals surface area contributed by atoms with Crippen LogP contribution in [0.4, 0.5) is 11.4 Å². The first-order valence-corrected chi connectivity index (χ1v) is 13.7. The molecule has 1 saturated heterocycles. The van der Waals surface area contributed by atoms with Gasteiger partial charge in [-0.3, -0.25) is 9.69 Å². The molecule has 1 amide bonds. The summed E-state index contributed by atoms with van der Waals surface area (Å²) in [7, 11) is 0. The number of para-hydroxylation sites is 1. The van der Waals surface area contributed by atoms with Gasteiger partial charge >= 0.3 is 0 Å². The van der Waals surface area contributed by atoms with Gasteiger partial charge in [-0.2, -0.15) is 0 Å². The average molecular weight is 478 g/mol. The van der Waals surface area contributed by atoms with E-state index in [1.165, 1.54) is 26.7 Å². The van der Waals surface area contributed by atoms with E-state index in [0.717, 1.165) is 64.0 Å². The number of likely N-dealkylation sites (tertiary alicyclic amines) is 1. The van der Waals surface area contributed by atoms with Crippen LogP contribution in [0.1, 0.15) is 63.7 Å². The van der Waals surface area contributed by atoms with Crippen molar-refractivity contribution in [3.63, 3.8) is 0 Å². The molecule has 2 aromatic rings. The van der Waals surface area contributed by atoms with E-state index >= 15 is 0 Å². The Bertz CT molecular complexity index is 1020. The Morgan fingerprint density at radius 1 is 1.06 bits per heavy atom. The monoisotopic (exact) mass is 477 g/mol. The predicted octanol–water partition coefficient (Wildman–Crippen LogP) is 6.98. The molecule has 1 unspecified atom stereocenters. The van der Waals surface area contributed by atoms with E-state index in [0.29, 0.717) is 6.04 Å². The standard InChI is InChI=1S/C29H39N3OS/c1-5-24(30(6-2)19-15-22(3)4)16-20-32-25-11-7-8-12-27(25)34-28-21-23(13-14-26(28)32)29(33)31-17-9-10-18-31/h7-8,11-15,21,24H,5-6,9-10,16-20H2,1-4H3. The zero-order valence-corrected chi connectivity index (χ0v) is 22.0. The summed E-state index contributed by atoms with van der Waals surface area (Å²) in [5.74, 6) is 0.176. The summed E-state index contributed by atoms with van der Waals surface area (Å²) in [6, 6.07) is 15.5. The molecule has 2 aliphatic heterocycles. The molecule has 5 heteroatoms. The zero-order chi connectivity index (χ0) is 24.1. The number of rotatable bonds is 9. The highest BCUT2D eigenvalue weighted by Gasteiger charge is 2.27. The molecule has 2 heterocycles. The molecule has 0 saturated carbocycles. The first-order chi connectivity index (χ1) is 16.5. The van der Waals surface area contributed by atoms with E-state index in [1.807, 2.05) is 11.0 Å². The van der Waals surface area contributed by atoms with Crippen LogP contribution in [0.25, 0.3) is 0 Å². The summed E-state index contributed by atoms with van der Waals surface area (Å²) in [5.41, 5.74) is 4.70. The van der Waals surface area contributed by atoms with Gasteiger partial charge in [-0.25, -0.2) is 0 Å². The van der Waals surface area contributed by atoms with Crippen LogP contribution in [-0.2, 0) is 0 Å². The number of allylic oxidation sites excluding steroid dienone is 1. The Morgan fingerprint density at radius 3 is 2.50 bits per heavy atom. The number of carbonyl (C=O) groups excluding carboxylic acids is 1. The molecule has 0 spiro atoms. The van der Waals surface area contributed by atoms with Gasteiger partial charge in [0.2, 0.25) is 0 Å². The van der Waals surface area contributed by atoms with Crippen molar-refractivity contribution in [2.75, 3.05) is 37.6 Å². The van der Waals surface area contributed by atoms with Gasteiger partial charge in [0.05, 0.1) is 11.4 Å². The molecular formula is C29H39N3OS. The van der Waals surface area contributed by atoms with Crippen molar-refractivity contribution in [1.29, 1.82) is 0 Å². The molecule has 0 N–H and O–H groups in total. The second-order valence-electron chi connectivity index (χ2n) is 9.62. The quantitative estimate of drug-likeness (QED) is 0.364. The van der Waals surface area contributed by atoms with Gasteiger partial charge in [0.1, 0.15) is 0 Å². The lowest BCUT2D eigenvalue weighted by Crippen LogP contribution is -2.37. The third kappa shape index (κ3) is 5.52. The van der Waals surface area contributed by atoms with Crippen molar-refractivity contribution in [3.8, 4) is 0 Å². The van der Waals surface area contributed by atoms with Crippen molar-refractivity contribution in [3.05, 3.63) is 59.7 Å². The number of carbonyl (C=O) groups is 1. The number of hydrogen-bond acceptors (Lipinski definition) is 4. The van der Waals surface area contributed by atoms with Crippen molar-refractivity contribution in [1.82, 2.24) is 9.80 Å². The number of fused-ring (bicyclic) bond motifs is 2. The van der Waals surface area contributed by atoms with Crippen molar-refractivity contribution >= 4 is 29.0 Å². The molecule has 34 heavy (non-hydrogen) atoms. The molecule has 4 rings (SSSR count). The number of nitrogens with zero attached hydrogens (tertiary/aromatic N) is 3. The van der Waals surface area contributed by atoms with Crippen LogP contribution in [-0.4, -0.2) is 54.5 Å². The van der Waals surface area contributed by atoms with Crippen LogP contribution >= 0.6 is 11.8 Å². The Balaban J connectivity index is 1.57. The van der Waals surface area contributed by atoms with Gasteiger partial charge in [0.15, 0.2) is 0 Å². The van der Waals surface area contributed by atoms with E-state index in [-0.39, 0.29) is 5.91 Å². The minimum atomic E-state index is 0.176. The lowest BCUT2D eigenvalue weighted by Gasteiger charge is -2.36. The molecule has 1 atom stereocenters. The van der Waals surface area contributed by atoms with E-state index in [2.05, 4.69) is 80.0 Å². The molecular weight excluding hydrogens is 438 g/mol. The first-order valence-electron chi connectivity index (χ1n) is 12.9. The Morgan fingerprint density at radius 2 is 1.79 bits per heavy atom. The summed E-state index contributed by atoms with van der Waals surface area (Å²) in [6.45, 7) is 13.7. The van der Waals surface area contributed by atoms with Crippen molar-refractivity contribution < 1.29 is 4.79 Å². The number of anilines is 2. The van der Waals surface area contributed by atoms with Gasteiger partial charge in [-0.1, -0.05) is 49.4 Å². The number of benzene rings is 2. The number of amides is 1. The zero-order valence-electron chi connectivity index (χ0n) is 21.2. The normalized spacial score (nSPS) is 15.8. The maximum Gasteiger partial charge on any atom is 0.253 e. The highest BCUT2D eigenvalue weighted by atomic mass is 32.2. The van der Waals surface area contributed by atoms with Crippen LogP contribution in [0.5, 0.6) is 0 Å². The highest BCUT2D eigenvalue weighted by molar-refractivity contribution is 7.99. The average Bonchev–Trinajstić information content (AvgIpc) is 3.39. The molecule has 0 aliphatic carbocycles. The van der Waals surface area contributed by atoms with Crippen molar-refractivity contribution in [2.24, 2.45) is 0 Å². The van der Waals surface area contributed by atoms with Gasteiger partial charge in [-0.15, -0.1) is 0 Å². The maximum atomic E-state index is 13.0. The number of hydrogen-bond donors (Lipinski definition) is 0. The van der Waals surface area contributed by atoms with Gasteiger partial charge < -0.3 is 9.80 Å². The van der Waals surface area contributed by atoms with Crippen LogP contribution < -0.4 is 4.90 Å². The van der Waals surface area contributed by atoms with Crippen LogP contribution in [0.2, 0.25) is 0 Å². The Hall–Kier alpha value is -2.24. The first kappa shape index (κ1) is 24.9. The summed E-state index contributed by atoms with van der Waals surface area (Å²) in [6.07, 6.45) is 6.83. The Labute approximate surface area is 210 Å². The van der Waals surface area contributed by atoms with Crippen LogP contribution in [0, 0.1) is 0 Å². The third-order valence-electron chi connectivity index (χ3n) is 7.08. The molecule has 0 bridgehead atoms. The van der Waals surface area contributed by atoms with E-state index in [9.17, 15) is 4.79 Å². The molecule has 1 fully saturated rings. The second kappa shape index (κ2) is 11.5. The lowest BCUT2D eigenvalue weighted by atomic mass is 10.1. The maximum absolute atomic E-state index is 13.0. The van der Waals surface area contributed by atoms with E-state index < -0.39 is 0 Å². The molecule has 0 aromatic heterocycles. The SMILES string of the molecule is CCC(CCN1c2ccccc2Sc2cc(C(=O)N3CCCC3)ccc21)N(CC)CC=C(C)C. The fourth-order valence-electron chi connectivity index (χ4n) is 5.07. The molecule has 0 radical (unpaired) electrons. The summed E-state index contributed by atoms with van der Waals surface area (Å²) < 4.78 is 0. The Kier molecular flexibility index (Phi) is 8.38. The fourth-order valence-corrected chi connectivity index (χ4v) is 6.20. The van der Waals surface area contributed by atoms with E-state index in [4.69, 9.17) is 0 Å². The van der Waals surface area contributed by atoms with Crippen LogP contribution in [0.15, 0.2) is 63.9 Å². The predicted molar refractivity (Wildman–Crippen MR) is 145 cm³/mol. The molecule has 2 aromatic carbocycles. The minimum absolute atomic E-state index is 0.176. The van der Waals surface area contributed by atoms with Gasteiger partial charge in [0.25, 0.3) is 5.91 Å². The molecule has 4 nitrogen and oxygen atoms in total. The molecule has 2 aliphatic rings. The smallest absolute Gasteiger partial charge is 0.253 e. The second-order valence-corrected chi connectivity index (χ2v) is 10.7. The molecule has 182 valence electrons. The van der Waals surface area contributed by atoms with Gasteiger partial charge in [0, 0.05) is 47.6 Å². The topological polar surface area (TPSA) is 26.8 Å². The highest BCUT2D eigenvalue weighted by Crippen LogP contribution is 2.48. The largest absolute Gasteiger partial charge is 0.340 e. The number of likely N-dealkylation sites (N-methyl/N-ethyl adjacent to an activating group) is 1. The lowest BCUT2D eigenvalue weighted by molar-refractivity contribution is 0.0792. The van der Waals surface area contributed by atoms with Gasteiger partial charge in [-0.05, 0) is 76.4 Å². The summed E-state index contributed by atoms with van der Waals surface area (Å²) >= 11 is 1.79. The third-order valence-corrected chi connectivity index (χ3v) is 8.19. The minimum Gasteiger partial charge on any atom is -0.340 e.